The largest absolute Gasteiger partial charge is 0.367 e. The maximum absolute atomic E-state index is 4.81. The Morgan fingerprint density at radius 1 is 0.923 bits per heavy atom. The fraction of sp³-hybridized carbons (Fsp3) is 0.524. The van der Waals surface area contributed by atoms with Gasteiger partial charge in [-0.3, -0.25) is 9.97 Å². The molecule has 5 nitrogen and oxygen atoms in total. The fourth-order valence-corrected chi connectivity index (χ4v) is 4.22. The SMILES string of the molecule is Cc1cccnc1[C@@H]1CCC[C@H](c2ncccc2N2CCN(C)CC2)N1. The number of nitrogens with zero attached hydrogens (tertiary/aromatic N) is 4. The maximum atomic E-state index is 4.81. The van der Waals surface area contributed by atoms with E-state index in [1.54, 1.807) is 0 Å². The van der Waals surface area contributed by atoms with Gasteiger partial charge in [-0.1, -0.05) is 6.07 Å². The first-order valence-corrected chi connectivity index (χ1v) is 9.78. The van der Waals surface area contributed by atoms with Gasteiger partial charge in [0.15, 0.2) is 0 Å². The van der Waals surface area contributed by atoms with Crippen LogP contribution in [-0.2, 0) is 0 Å². The van der Waals surface area contributed by atoms with Gasteiger partial charge in [0.05, 0.1) is 29.2 Å². The van der Waals surface area contributed by atoms with Gasteiger partial charge in [0.2, 0.25) is 0 Å². The molecule has 2 aromatic rings. The van der Waals surface area contributed by atoms with Crippen molar-refractivity contribution in [2.75, 3.05) is 38.1 Å². The molecule has 2 saturated heterocycles. The van der Waals surface area contributed by atoms with Crippen LogP contribution in [0.5, 0.6) is 0 Å². The number of likely N-dealkylation sites (N-methyl/N-ethyl adjacent to an activating group) is 1. The molecule has 0 amide bonds. The second-order valence-corrected chi connectivity index (χ2v) is 7.61. The highest BCUT2D eigenvalue weighted by Gasteiger charge is 2.29. The normalized spacial score (nSPS) is 24.6. The van der Waals surface area contributed by atoms with Crippen LogP contribution in [0.1, 0.15) is 48.3 Å². The van der Waals surface area contributed by atoms with E-state index >= 15 is 0 Å². The van der Waals surface area contributed by atoms with Gasteiger partial charge in [0, 0.05) is 38.6 Å². The molecular formula is C21H29N5. The molecule has 0 bridgehead atoms. The van der Waals surface area contributed by atoms with Gasteiger partial charge < -0.3 is 15.1 Å². The topological polar surface area (TPSA) is 44.3 Å². The van der Waals surface area contributed by atoms with Gasteiger partial charge in [-0.25, -0.2) is 0 Å². The minimum Gasteiger partial charge on any atom is -0.367 e. The van der Waals surface area contributed by atoms with Crippen LogP contribution in [0.4, 0.5) is 5.69 Å². The highest BCUT2D eigenvalue weighted by Crippen LogP contribution is 2.35. The Balaban J connectivity index is 1.57. The van der Waals surface area contributed by atoms with E-state index in [0.29, 0.717) is 12.1 Å². The lowest BCUT2D eigenvalue weighted by atomic mass is 9.92. The zero-order valence-electron chi connectivity index (χ0n) is 15.9. The van der Waals surface area contributed by atoms with Crippen molar-refractivity contribution in [3.8, 4) is 0 Å². The third-order valence-corrected chi connectivity index (χ3v) is 5.76. The molecule has 2 aromatic heterocycles. The van der Waals surface area contributed by atoms with Crippen LogP contribution in [0.25, 0.3) is 0 Å². The molecule has 4 rings (SSSR count). The quantitative estimate of drug-likeness (QED) is 0.921. The minimum atomic E-state index is 0.297. The molecule has 5 heteroatoms. The lowest BCUT2D eigenvalue weighted by Gasteiger charge is -2.37. The number of hydrogen-bond acceptors (Lipinski definition) is 5. The number of rotatable bonds is 3. The minimum absolute atomic E-state index is 0.297. The lowest BCUT2D eigenvalue weighted by Crippen LogP contribution is -2.45. The van der Waals surface area contributed by atoms with Crippen LogP contribution in [0.15, 0.2) is 36.7 Å². The second-order valence-electron chi connectivity index (χ2n) is 7.61. The van der Waals surface area contributed by atoms with Crippen LogP contribution in [0, 0.1) is 6.92 Å². The molecule has 0 saturated carbocycles. The van der Waals surface area contributed by atoms with Crippen molar-refractivity contribution < 1.29 is 0 Å². The summed E-state index contributed by atoms with van der Waals surface area (Å²) in [4.78, 5) is 14.4. The summed E-state index contributed by atoms with van der Waals surface area (Å²) in [6.07, 6.45) is 7.33. The van der Waals surface area contributed by atoms with Gasteiger partial charge in [0.25, 0.3) is 0 Å². The predicted octanol–water partition coefficient (Wildman–Crippen LogP) is 3.09. The number of piperidine rings is 1. The summed E-state index contributed by atoms with van der Waals surface area (Å²) in [6.45, 7) is 6.53. The Kier molecular flexibility index (Phi) is 5.18. The third kappa shape index (κ3) is 3.60. The molecule has 26 heavy (non-hydrogen) atoms. The van der Waals surface area contributed by atoms with E-state index in [-0.39, 0.29) is 0 Å². The van der Waals surface area contributed by atoms with Crippen molar-refractivity contribution >= 4 is 5.69 Å². The van der Waals surface area contributed by atoms with Crippen molar-refractivity contribution in [1.29, 1.82) is 0 Å². The lowest BCUT2D eigenvalue weighted by molar-refractivity contribution is 0.307. The van der Waals surface area contributed by atoms with E-state index < -0.39 is 0 Å². The van der Waals surface area contributed by atoms with E-state index in [9.17, 15) is 0 Å². The average Bonchev–Trinajstić information content (AvgIpc) is 2.69. The Morgan fingerprint density at radius 2 is 1.58 bits per heavy atom. The van der Waals surface area contributed by atoms with Gasteiger partial charge in [-0.2, -0.15) is 0 Å². The first kappa shape index (κ1) is 17.4. The number of pyridine rings is 2. The Hall–Kier alpha value is -1.98. The van der Waals surface area contributed by atoms with E-state index in [1.165, 1.54) is 29.1 Å². The number of aryl methyl sites for hydroxylation is 1. The zero-order valence-corrected chi connectivity index (χ0v) is 15.9. The summed E-state index contributed by atoms with van der Waals surface area (Å²) in [5.41, 5.74) is 4.96. The van der Waals surface area contributed by atoms with Crippen LogP contribution < -0.4 is 10.2 Å². The van der Waals surface area contributed by atoms with Crippen molar-refractivity contribution in [3.63, 3.8) is 0 Å². The summed E-state index contributed by atoms with van der Waals surface area (Å²) in [6, 6.07) is 9.10. The molecule has 2 aliphatic rings. The van der Waals surface area contributed by atoms with Crippen molar-refractivity contribution in [1.82, 2.24) is 20.2 Å². The van der Waals surface area contributed by atoms with Gasteiger partial charge in [0.1, 0.15) is 0 Å². The van der Waals surface area contributed by atoms with Crippen LogP contribution in [-0.4, -0.2) is 48.1 Å². The molecule has 4 heterocycles. The number of anilines is 1. The van der Waals surface area contributed by atoms with E-state index in [0.717, 1.165) is 39.0 Å². The summed E-state index contributed by atoms with van der Waals surface area (Å²) < 4.78 is 0. The number of hydrogen-bond donors (Lipinski definition) is 1. The first-order valence-electron chi connectivity index (χ1n) is 9.78. The fourth-order valence-electron chi connectivity index (χ4n) is 4.22. The molecule has 1 N–H and O–H groups in total. The standard InChI is InChI=1S/C21H29N5/c1-16-6-4-10-22-20(16)17-7-3-8-18(24-17)21-19(9-5-11-23-21)26-14-12-25(2)13-15-26/h4-6,9-11,17-18,24H,3,7-8,12-15H2,1-2H3/t17-,18+/m0/s1. The van der Waals surface area contributed by atoms with Crippen molar-refractivity contribution in [2.24, 2.45) is 0 Å². The van der Waals surface area contributed by atoms with Gasteiger partial charge in [-0.05, 0) is 57.0 Å². The predicted molar refractivity (Wildman–Crippen MR) is 105 cm³/mol. The Bertz CT molecular complexity index is 739. The molecule has 2 fully saturated rings. The summed E-state index contributed by atoms with van der Waals surface area (Å²) in [7, 11) is 2.20. The second kappa shape index (κ2) is 7.72. The van der Waals surface area contributed by atoms with Crippen molar-refractivity contribution in [2.45, 2.75) is 38.3 Å². The highest BCUT2D eigenvalue weighted by atomic mass is 15.3. The van der Waals surface area contributed by atoms with E-state index in [2.05, 4.69) is 52.3 Å². The number of aromatic nitrogens is 2. The monoisotopic (exact) mass is 351 g/mol. The van der Waals surface area contributed by atoms with Gasteiger partial charge >= 0.3 is 0 Å². The molecule has 138 valence electrons. The third-order valence-electron chi connectivity index (χ3n) is 5.76. The maximum Gasteiger partial charge on any atom is 0.0806 e. The van der Waals surface area contributed by atoms with Gasteiger partial charge in [-0.15, -0.1) is 0 Å². The molecule has 2 aliphatic heterocycles. The molecule has 0 unspecified atom stereocenters. The Morgan fingerprint density at radius 3 is 2.31 bits per heavy atom. The Labute approximate surface area is 156 Å². The smallest absolute Gasteiger partial charge is 0.0806 e. The number of nitrogens with one attached hydrogen (secondary N) is 1. The molecule has 0 radical (unpaired) electrons. The van der Waals surface area contributed by atoms with Crippen LogP contribution in [0.2, 0.25) is 0 Å². The molecule has 0 aliphatic carbocycles. The van der Waals surface area contributed by atoms with E-state index in [1.807, 2.05) is 18.5 Å². The summed E-state index contributed by atoms with van der Waals surface area (Å²) in [5, 5.41) is 3.85. The first-order chi connectivity index (χ1) is 12.7. The number of piperazine rings is 1. The summed E-state index contributed by atoms with van der Waals surface area (Å²) in [5.74, 6) is 0. The van der Waals surface area contributed by atoms with E-state index in [4.69, 9.17) is 4.98 Å². The molecule has 0 spiro atoms. The molecular weight excluding hydrogens is 322 g/mol. The summed E-state index contributed by atoms with van der Waals surface area (Å²) >= 11 is 0. The van der Waals surface area contributed by atoms with Crippen LogP contribution >= 0.6 is 0 Å². The zero-order chi connectivity index (χ0) is 17.9. The highest BCUT2D eigenvalue weighted by molar-refractivity contribution is 5.52. The van der Waals surface area contributed by atoms with Crippen molar-refractivity contribution in [3.05, 3.63) is 53.6 Å². The van der Waals surface area contributed by atoms with Crippen LogP contribution in [0.3, 0.4) is 0 Å². The average molecular weight is 351 g/mol. The molecule has 2 atom stereocenters. The molecule has 0 aromatic carbocycles.